The first-order chi connectivity index (χ1) is 9.58. The van der Waals surface area contributed by atoms with Gasteiger partial charge in [-0.25, -0.2) is 0 Å². The van der Waals surface area contributed by atoms with E-state index in [9.17, 15) is 4.79 Å². The number of benzene rings is 2. The minimum absolute atomic E-state index is 0.0399. The van der Waals surface area contributed by atoms with E-state index < -0.39 is 0 Å². The molecule has 0 unspecified atom stereocenters. The Morgan fingerprint density at radius 1 is 0.900 bits per heavy atom. The number of nitrogens with one attached hydrogen (secondary N) is 2. The van der Waals surface area contributed by atoms with Gasteiger partial charge in [-0.1, -0.05) is 36.4 Å². The maximum atomic E-state index is 12.0. The van der Waals surface area contributed by atoms with Gasteiger partial charge in [0, 0.05) is 11.4 Å². The molecule has 1 amide bonds. The standard InChI is InChI=1S/C17H20N2O/c1-12-7-4-5-10-15(12)19-16(20)11-18-17-13(2)8-6-9-14(17)3/h4-10,18H,11H2,1-3H3,(H,19,20). The molecule has 20 heavy (non-hydrogen) atoms. The summed E-state index contributed by atoms with van der Waals surface area (Å²) in [4.78, 5) is 12.0. The summed E-state index contributed by atoms with van der Waals surface area (Å²) < 4.78 is 0. The fraction of sp³-hybridized carbons (Fsp3) is 0.235. The Labute approximate surface area is 120 Å². The highest BCUT2D eigenvalue weighted by atomic mass is 16.1. The van der Waals surface area contributed by atoms with Gasteiger partial charge in [-0.3, -0.25) is 4.79 Å². The normalized spacial score (nSPS) is 10.2. The minimum Gasteiger partial charge on any atom is -0.376 e. The quantitative estimate of drug-likeness (QED) is 0.888. The van der Waals surface area contributed by atoms with Crippen LogP contribution in [0.15, 0.2) is 42.5 Å². The van der Waals surface area contributed by atoms with Gasteiger partial charge in [-0.15, -0.1) is 0 Å². The van der Waals surface area contributed by atoms with Gasteiger partial charge in [0.1, 0.15) is 0 Å². The number of amides is 1. The van der Waals surface area contributed by atoms with Crippen LogP contribution in [0.2, 0.25) is 0 Å². The predicted molar refractivity (Wildman–Crippen MR) is 84.2 cm³/mol. The number of para-hydroxylation sites is 2. The van der Waals surface area contributed by atoms with E-state index in [1.54, 1.807) is 0 Å². The van der Waals surface area contributed by atoms with Gasteiger partial charge in [-0.05, 0) is 43.5 Å². The molecule has 0 aliphatic rings. The van der Waals surface area contributed by atoms with E-state index in [2.05, 4.69) is 10.6 Å². The lowest BCUT2D eigenvalue weighted by Gasteiger charge is -2.13. The molecule has 2 aromatic rings. The molecule has 104 valence electrons. The van der Waals surface area contributed by atoms with Crippen LogP contribution < -0.4 is 10.6 Å². The van der Waals surface area contributed by atoms with E-state index in [1.165, 1.54) is 0 Å². The van der Waals surface area contributed by atoms with E-state index in [4.69, 9.17) is 0 Å². The Kier molecular flexibility index (Phi) is 4.41. The van der Waals surface area contributed by atoms with E-state index in [0.29, 0.717) is 0 Å². The zero-order valence-electron chi connectivity index (χ0n) is 12.2. The monoisotopic (exact) mass is 268 g/mol. The van der Waals surface area contributed by atoms with Gasteiger partial charge in [-0.2, -0.15) is 0 Å². The summed E-state index contributed by atoms with van der Waals surface area (Å²) in [5.41, 5.74) is 5.25. The van der Waals surface area contributed by atoms with Gasteiger partial charge in [0.15, 0.2) is 0 Å². The second kappa shape index (κ2) is 6.24. The van der Waals surface area contributed by atoms with Crippen molar-refractivity contribution in [3.05, 3.63) is 59.2 Å². The van der Waals surface area contributed by atoms with Crippen LogP contribution in [0.25, 0.3) is 0 Å². The predicted octanol–water partition coefficient (Wildman–Crippen LogP) is 3.66. The molecule has 0 aliphatic heterocycles. The lowest BCUT2D eigenvalue weighted by molar-refractivity contribution is -0.114. The van der Waals surface area contributed by atoms with Gasteiger partial charge in [0.25, 0.3) is 0 Å². The first kappa shape index (κ1) is 14.1. The lowest BCUT2D eigenvalue weighted by atomic mass is 10.1. The Balaban J connectivity index is 1.98. The summed E-state index contributed by atoms with van der Waals surface area (Å²) >= 11 is 0. The summed E-state index contributed by atoms with van der Waals surface area (Å²) in [6.45, 7) is 6.32. The fourth-order valence-electron chi connectivity index (χ4n) is 2.17. The number of carbonyl (C=O) groups is 1. The van der Waals surface area contributed by atoms with Crippen molar-refractivity contribution >= 4 is 17.3 Å². The van der Waals surface area contributed by atoms with E-state index in [0.717, 1.165) is 28.1 Å². The van der Waals surface area contributed by atoms with Crippen LogP contribution in [0.3, 0.4) is 0 Å². The number of hydrogen-bond donors (Lipinski definition) is 2. The van der Waals surface area contributed by atoms with Crippen molar-refractivity contribution in [2.75, 3.05) is 17.2 Å². The first-order valence-corrected chi connectivity index (χ1v) is 6.73. The largest absolute Gasteiger partial charge is 0.376 e. The van der Waals surface area contributed by atoms with Crippen LogP contribution >= 0.6 is 0 Å². The molecule has 0 heterocycles. The third kappa shape index (κ3) is 3.38. The first-order valence-electron chi connectivity index (χ1n) is 6.73. The van der Waals surface area contributed by atoms with Crippen LogP contribution in [0, 0.1) is 20.8 Å². The van der Waals surface area contributed by atoms with Crippen LogP contribution in [-0.2, 0) is 4.79 Å². The van der Waals surface area contributed by atoms with Crippen LogP contribution in [-0.4, -0.2) is 12.5 Å². The smallest absolute Gasteiger partial charge is 0.243 e. The highest BCUT2D eigenvalue weighted by Gasteiger charge is 2.06. The number of rotatable bonds is 4. The summed E-state index contributed by atoms with van der Waals surface area (Å²) in [5, 5.41) is 6.13. The summed E-state index contributed by atoms with van der Waals surface area (Å²) in [7, 11) is 0. The van der Waals surface area contributed by atoms with Crippen molar-refractivity contribution in [3.63, 3.8) is 0 Å². The molecule has 3 heteroatoms. The average molecular weight is 268 g/mol. The molecule has 0 radical (unpaired) electrons. The van der Waals surface area contributed by atoms with Crippen molar-refractivity contribution in [3.8, 4) is 0 Å². The van der Waals surface area contributed by atoms with Crippen LogP contribution in [0.4, 0.5) is 11.4 Å². The molecule has 0 fully saturated rings. The second-order valence-corrected chi connectivity index (χ2v) is 4.98. The molecule has 0 saturated heterocycles. The minimum atomic E-state index is -0.0399. The maximum Gasteiger partial charge on any atom is 0.243 e. The molecule has 3 nitrogen and oxygen atoms in total. The molecule has 2 N–H and O–H groups in total. The second-order valence-electron chi connectivity index (χ2n) is 4.98. The number of aryl methyl sites for hydroxylation is 3. The van der Waals surface area contributed by atoms with Crippen LogP contribution in [0.1, 0.15) is 16.7 Å². The highest BCUT2D eigenvalue weighted by molar-refractivity contribution is 5.94. The maximum absolute atomic E-state index is 12.0. The molecule has 0 aromatic heterocycles. The summed E-state index contributed by atoms with van der Waals surface area (Å²) in [6, 6.07) is 13.9. The number of carbonyl (C=O) groups excluding carboxylic acids is 1. The summed E-state index contributed by atoms with van der Waals surface area (Å²) in [5.74, 6) is -0.0399. The zero-order chi connectivity index (χ0) is 14.5. The van der Waals surface area contributed by atoms with Crippen molar-refractivity contribution < 1.29 is 4.79 Å². The molecule has 0 saturated carbocycles. The van der Waals surface area contributed by atoms with Crippen molar-refractivity contribution in [1.29, 1.82) is 0 Å². The van der Waals surface area contributed by atoms with Gasteiger partial charge < -0.3 is 10.6 Å². The topological polar surface area (TPSA) is 41.1 Å². The number of hydrogen-bond acceptors (Lipinski definition) is 2. The van der Waals surface area contributed by atoms with Crippen molar-refractivity contribution in [2.45, 2.75) is 20.8 Å². The SMILES string of the molecule is Cc1ccccc1NC(=O)CNc1c(C)cccc1C. The lowest BCUT2D eigenvalue weighted by Crippen LogP contribution is -2.22. The zero-order valence-corrected chi connectivity index (χ0v) is 12.2. The fourth-order valence-corrected chi connectivity index (χ4v) is 2.17. The van der Waals surface area contributed by atoms with Crippen molar-refractivity contribution in [1.82, 2.24) is 0 Å². The number of anilines is 2. The summed E-state index contributed by atoms with van der Waals surface area (Å²) in [6.07, 6.45) is 0. The Bertz CT molecular complexity index is 600. The third-order valence-electron chi connectivity index (χ3n) is 3.33. The third-order valence-corrected chi connectivity index (χ3v) is 3.33. The highest BCUT2D eigenvalue weighted by Crippen LogP contribution is 2.19. The van der Waals surface area contributed by atoms with Crippen LogP contribution in [0.5, 0.6) is 0 Å². The van der Waals surface area contributed by atoms with Crippen molar-refractivity contribution in [2.24, 2.45) is 0 Å². The Hall–Kier alpha value is -2.29. The van der Waals surface area contributed by atoms with Gasteiger partial charge in [0.05, 0.1) is 6.54 Å². The molecular formula is C17H20N2O. The molecule has 2 rings (SSSR count). The van der Waals surface area contributed by atoms with Gasteiger partial charge >= 0.3 is 0 Å². The van der Waals surface area contributed by atoms with Gasteiger partial charge in [0.2, 0.25) is 5.91 Å². The van der Waals surface area contributed by atoms with E-state index in [1.807, 2.05) is 63.2 Å². The average Bonchev–Trinajstić information content (AvgIpc) is 2.41. The molecule has 2 aromatic carbocycles. The van der Waals surface area contributed by atoms with E-state index in [-0.39, 0.29) is 12.5 Å². The van der Waals surface area contributed by atoms with E-state index >= 15 is 0 Å². The Morgan fingerprint density at radius 3 is 2.15 bits per heavy atom. The molecule has 0 aliphatic carbocycles. The molecule has 0 bridgehead atoms. The molecule has 0 atom stereocenters. The molecule has 0 spiro atoms. The Morgan fingerprint density at radius 2 is 1.50 bits per heavy atom. The molecular weight excluding hydrogens is 248 g/mol.